The van der Waals surface area contributed by atoms with Crippen molar-refractivity contribution >= 4 is 39.9 Å². The van der Waals surface area contributed by atoms with Crippen LogP contribution in [-0.4, -0.2) is 23.2 Å². The Bertz CT molecular complexity index is 609. The molecule has 0 spiro atoms. The largest absolute Gasteiger partial charge is 0.348 e. The van der Waals surface area contributed by atoms with Crippen molar-refractivity contribution in [2.24, 2.45) is 0 Å². The molecule has 0 radical (unpaired) electrons. The topological polar surface area (TPSA) is 29.1 Å². The highest BCUT2D eigenvalue weighted by molar-refractivity contribution is 6.22. The first-order valence-corrected chi connectivity index (χ1v) is 8.10. The van der Waals surface area contributed by atoms with Gasteiger partial charge in [0.05, 0.1) is 12.0 Å². The molecule has 2 aromatic carbocycles. The summed E-state index contributed by atoms with van der Waals surface area (Å²) in [6.45, 7) is 1.98. The van der Waals surface area contributed by atoms with Gasteiger partial charge in [0.15, 0.2) is 0 Å². The monoisotopic (exact) mass is 323 g/mol. The van der Waals surface area contributed by atoms with Crippen molar-refractivity contribution in [1.29, 1.82) is 0 Å². The van der Waals surface area contributed by atoms with Gasteiger partial charge in [-0.15, -0.1) is 23.2 Å². The molecule has 0 atom stereocenters. The first kappa shape index (κ1) is 16.1. The molecule has 0 saturated heterocycles. The second-order valence-corrected chi connectivity index (χ2v) is 5.80. The number of halogens is 2. The quantitative estimate of drug-likeness (QED) is 0.796. The van der Waals surface area contributed by atoms with Gasteiger partial charge in [-0.2, -0.15) is 0 Å². The second-order valence-electron chi connectivity index (χ2n) is 5.26. The average Bonchev–Trinajstić information content (AvgIpc) is 2.53. The van der Waals surface area contributed by atoms with Crippen molar-refractivity contribution in [3.63, 3.8) is 0 Å². The molecule has 0 aliphatic rings. The first-order valence-electron chi connectivity index (χ1n) is 7.03. The average molecular weight is 324 g/mol. The molecule has 0 bridgehead atoms. The third-order valence-electron chi connectivity index (χ3n) is 3.82. The molecule has 21 heavy (non-hydrogen) atoms. The number of hydrogen-bond donors (Lipinski definition) is 1. The summed E-state index contributed by atoms with van der Waals surface area (Å²) in [5.74, 6) is 0.581. The molecule has 0 fully saturated rings. The van der Waals surface area contributed by atoms with Gasteiger partial charge in [0.25, 0.3) is 0 Å². The maximum absolute atomic E-state index is 12.3. The number of rotatable bonds is 6. The Morgan fingerprint density at radius 2 is 1.76 bits per heavy atom. The van der Waals surface area contributed by atoms with Crippen molar-refractivity contribution in [2.45, 2.75) is 25.3 Å². The van der Waals surface area contributed by atoms with E-state index >= 15 is 0 Å². The molecule has 2 aromatic rings. The lowest BCUT2D eigenvalue weighted by atomic mass is 9.99. The SMILES string of the molecule is CCC(CCl)(CCl)NC(=O)Cc1cccc2ccccc12. The lowest BCUT2D eigenvalue weighted by molar-refractivity contribution is -0.121. The minimum atomic E-state index is -0.523. The van der Waals surface area contributed by atoms with E-state index in [9.17, 15) is 4.79 Å². The van der Waals surface area contributed by atoms with Crippen LogP contribution in [0.5, 0.6) is 0 Å². The summed E-state index contributed by atoms with van der Waals surface area (Å²) in [6.07, 6.45) is 1.04. The summed E-state index contributed by atoms with van der Waals surface area (Å²) in [5.41, 5.74) is 0.491. The summed E-state index contributed by atoms with van der Waals surface area (Å²) < 4.78 is 0. The van der Waals surface area contributed by atoms with Crippen LogP contribution in [0, 0.1) is 0 Å². The zero-order valence-electron chi connectivity index (χ0n) is 12.0. The van der Waals surface area contributed by atoms with Gasteiger partial charge in [-0.1, -0.05) is 49.4 Å². The number of fused-ring (bicyclic) bond motifs is 1. The van der Waals surface area contributed by atoms with Crippen molar-refractivity contribution in [2.75, 3.05) is 11.8 Å². The predicted octanol–water partition coefficient (Wildman–Crippen LogP) is 4.12. The lowest BCUT2D eigenvalue weighted by Gasteiger charge is -2.29. The molecular formula is C17H19Cl2NO. The zero-order valence-corrected chi connectivity index (χ0v) is 13.5. The maximum atomic E-state index is 12.3. The number of amides is 1. The van der Waals surface area contributed by atoms with E-state index in [0.29, 0.717) is 24.6 Å². The molecule has 2 rings (SSSR count). The molecule has 0 aliphatic heterocycles. The Labute approximate surface area is 135 Å². The van der Waals surface area contributed by atoms with Crippen LogP contribution in [0.3, 0.4) is 0 Å². The molecule has 1 amide bonds. The second kappa shape index (κ2) is 7.15. The van der Waals surface area contributed by atoms with E-state index in [0.717, 1.165) is 16.3 Å². The van der Waals surface area contributed by atoms with Crippen molar-refractivity contribution in [3.8, 4) is 0 Å². The number of hydrogen-bond acceptors (Lipinski definition) is 1. The minimum absolute atomic E-state index is 0.0468. The van der Waals surface area contributed by atoms with E-state index in [1.54, 1.807) is 0 Å². The molecule has 112 valence electrons. The van der Waals surface area contributed by atoms with Crippen LogP contribution in [-0.2, 0) is 11.2 Å². The van der Waals surface area contributed by atoms with Crippen LogP contribution in [0.15, 0.2) is 42.5 Å². The van der Waals surface area contributed by atoms with Gasteiger partial charge in [0.1, 0.15) is 0 Å². The van der Waals surface area contributed by atoms with Crippen LogP contribution < -0.4 is 5.32 Å². The fourth-order valence-corrected chi connectivity index (χ4v) is 3.14. The Hall–Kier alpha value is -1.25. The molecule has 4 heteroatoms. The Morgan fingerprint density at radius 3 is 2.43 bits per heavy atom. The third-order valence-corrected chi connectivity index (χ3v) is 4.85. The van der Waals surface area contributed by atoms with Crippen molar-refractivity contribution < 1.29 is 4.79 Å². The first-order chi connectivity index (χ1) is 10.1. The molecule has 0 heterocycles. The van der Waals surface area contributed by atoms with E-state index in [2.05, 4.69) is 5.32 Å². The Kier molecular flexibility index (Phi) is 5.49. The molecule has 0 aromatic heterocycles. The third kappa shape index (κ3) is 3.69. The smallest absolute Gasteiger partial charge is 0.224 e. The van der Waals surface area contributed by atoms with E-state index in [1.807, 2.05) is 49.4 Å². The van der Waals surface area contributed by atoms with Gasteiger partial charge >= 0.3 is 0 Å². The van der Waals surface area contributed by atoms with Gasteiger partial charge < -0.3 is 5.32 Å². The highest BCUT2D eigenvalue weighted by Gasteiger charge is 2.28. The fourth-order valence-electron chi connectivity index (χ4n) is 2.34. The van der Waals surface area contributed by atoms with Gasteiger partial charge in [-0.05, 0) is 22.8 Å². The van der Waals surface area contributed by atoms with Crippen LogP contribution in [0.1, 0.15) is 18.9 Å². The van der Waals surface area contributed by atoms with E-state index in [-0.39, 0.29) is 5.91 Å². The Balaban J connectivity index is 2.19. The number of benzene rings is 2. The molecule has 0 aliphatic carbocycles. The van der Waals surface area contributed by atoms with E-state index in [4.69, 9.17) is 23.2 Å². The van der Waals surface area contributed by atoms with Crippen molar-refractivity contribution in [1.82, 2.24) is 5.32 Å². The van der Waals surface area contributed by atoms with Crippen molar-refractivity contribution in [3.05, 3.63) is 48.0 Å². The standard InChI is InChI=1S/C17H19Cl2NO/c1-2-17(11-18,12-19)20-16(21)10-14-8-5-7-13-6-3-4-9-15(13)14/h3-9H,2,10-12H2,1H3,(H,20,21). The van der Waals surface area contributed by atoms with E-state index < -0.39 is 5.54 Å². The maximum Gasteiger partial charge on any atom is 0.224 e. The summed E-state index contributed by atoms with van der Waals surface area (Å²) >= 11 is 11.9. The molecule has 0 saturated carbocycles. The van der Waals surface area contributed by atoms with Crippen LogP contribution in [0.4, 0.5) is 0 Å². The Morgan fingerprint density at radius 1 is 1.10 bits per heavy atom. The van der Waals surface area contributed by atoms with Crippen LogP contribution >= 0.6 is 23.2 Å². The molecular weight excluding hydrogens is 305 g/mol. The number of alkyl halides is 2. The lowest BCUT2D eigenvalue weighted by Crippen LogP contribution is -2.51. The minimum Gasteiger partial charge on any atom is -0.348 e. The van der Waals surface area contributed by atoms with Gasteiger partial charge in [-0.3, -0.25) is 4.79 Å². The highest BCUT2D eigenvalue weighted by atomic mass is 35.5. The fraction of sp³-hybridized carbons (Fsp3) is 0.353. The predicted molar refractivity (Wildman–Crippen MR) is 90.3 cm³/mol. The van der Waals surface area contributed by atoms with E-state index in [1.165, 1.54) is 0 Å². The zero-order chi connectivity index (χ0) is 15.3. The summed E-state index contributed by atoms with van der Waals surface area (Å²) in [5, 5.41) is 5.23. The summed E-state index contributed by atoms with van der Waals surface area (Å²) in [7, 11) is 0. The number of nitrogens with one attached hydrogen (secondary N) is 1. The molecule has 1 N–H and O–H groups in total. The van der Waals surface area contributed by atoms with Crippen LogP contribution in [0.25, 0.3) is 10.8 Å². The molecule has 2 nitrogen and oxygen atoms in total. The van der Waals surface area contributed by atoms with Gasteiger partial charge in [0, 0.05) is 11.8 Å². The van der Waals surface area contributed by atoms with Gasteiger partial charge in [-0.25, -0.2) is 0 Å². The van der Waals surface area contributed by atoms with Crippen LogP contribution in [0.2, 0.25) is 0 Å². The van der Waals surface area contributed by atoms with Gasteiger partial charge in [0.2, 0.25) is 5.91 Å². The summed E-state index contributed by atoms with van der Waals surface area (Å²) in [4.78, 5) is 12.3. The molecule has 0 unspecified atom stereocenters. The highest BCUT2D eigenvalue weighted by Crippen LogP contribution is 2.20. The number of carbonyl (C=O) groups excluding carboxylic acids is 1. The summed E-state index contributed by atoms with van der Waals surface area (Å²) in [6, 6.07) is 14.1. The number of carbonyl (C=O) groups is 1. The normalized spacial score (nSPS) is 11.6.